The Hall–Kier alpha value is -1.02. The molecule has 0 saturated heterocycles. The molecule has 2 nitrogen and oxygen atoms in total. The van der Waals surface area contributed by atoms with Crippen molar-refractivity contribution in [2.24, 2.45) is 5.92 Å². The SMILES string of the molecule is CC(CC(=O)O)C(Cl)c1ccccc1. The van der Waals surface area contributed by atoms with Gasteiger partial charge in [0, 0.05) is 6.42 Å². The summed E-state index contributed by atoms with van der Waals surface area (Å²) >= 11 is 6.14. The lowest BCUT2D eigenvalue weighted by Crippen LogP contribution is -2.09. The maximum atomic E-state index is 10.5. The van der Waals surface area contributed by atoms with E-state index in [1.54, 1.807) is 0 Å². The zero-order valence-corrected chi connectivity index (χ0v) is 8.74. The molecule has 0 aliphatic rings. The number of hydrogen-bond donors (Lipinski definition) is 1. The summed E-state index contributed by atoms with van der Waals surface area (Å²) in [5.41, 5.74) is 0.975. The van der Waals surface area contributed by atoms with Crippen molar-refractivity contribution in [3.63, 3.8) is 0 Å². The van der Waals surface area contributed by atoms with Crippen LogP contribution in [-0.4, -0.2) is 11.1 Å². The van der Waals surface area contributed by atoms with Gasteiger partial charge in [-0.2, -0.15) is 0 Å². The molecule has 0 aliphatic heterocycles. The minimum atomic E-state index is -0.806. The van der Waals surface area contributed by atoms with Crippen LogP contribution in [0, 0.1) is 5.92 Å². The second kappa shape index (κ2) is 5.01. The number of carboxylic acids is 1. The fourth-order valence-electron chi connectivity index (χ4n) is 1.34. The number of hydrogen-bond acceptors (Lipinski definition) is 1. The Kier molecular flexibility index (Phi) is 3.96. The van der Waals surface area contributed by atoms with E-state index in [0.717, 1.165) is 5.56 Å². The molecule has 0 spiro atoms. The summed E-state index contributed by atoms with van der Waals surface area (Å²) in [6, 6.07) is 9.54. The highest BCUT2D eigenvalue weighted by molar-refractivity contribution is 6.21. The maximum absolute atomic E-state index is 10.5. The van der Waals surface area contributed by atoms with Crippen LogP contribution >= 0.6 is 11.6 Å². The second-order valence-corrected chi connectivity index (χ2v) is 3.86. The van der Waals surface area contributed by atoms with Gasteiger partial charge >= 0.3 is 5.97 Å². The van der Waals surface area contributed by atoms with Crippen LogP contribution in [-0.2, 0) is 4.79 Å². The molecule has 0 amide bonds. The summed E-state index contributed by atoms with van der Waals surface area (Å²) in [5.74, 6) is -0.865. The third-order valence-corrected chi connectivity index (χ3v) is 2.80. The highest BCUT2D eigenvalue weighted by Gasteiger charge is 2.18. The fourth-order valence-corrected chi connectivity index (χ4v) is 1.58. The summed E-state index contributed by atoms with van der Waals surface area (Å²) in [4.78, 5) is 10.5. The van der Waals surface area contributed by atoms with Crippen molar-refractivity contribution < 1.29 is 9.90 Å². The van der Waals surface area contributed by atoms with E-state index in [4.69, 9.17) is 16.7 Å². The molecule has 0 saturated carbocycles. The molecule has 2 atom stereocenters. The van der Waals surface area contributed by atoms with Gasteiger partial charge in [0.2, 0.25) is 0 Å². The van der Waals surface area contributed by atoms with E-state index >= 15 is 0 Å². The van der Waals surface area contributed by atoms with Crippen LogP contribution in [0.3, 0.4) is 0 Å². The van der Waals surface area contributed by atoms with Gasteiger partial charge in [-0.1, -0.05) is 37.3 Å². The Labute approximate surface area is 88.5 Å². The first-order chi connectivity index (χ1) is 6.61. The van der Waals surface area contributed by atoms with Crippen molar-refractivity contribution in [1.29, 1.82) is 0 Å². The third kappa shape index (κ3) is 3.04. The van der Waals surface area contributed by atoms with Crippen molar-refractivity contribution >= 4 is 17.6 Å². The third-order valence-electron chi connectivity index (χ3n) is 2.11. The van der Waals surface area contributed by atoms with Crippen molar-refractivity contribution in [1.82, 2.24) is 0 Å². The molecule has 0 fully saturated rings. The first-order valence-corrected chi connectivity index (χ1v) is 4.95. The van der Waals surface area contributed by atoms with E-state index in [-0.39, 0.29) is 17.7 Å². The van der Waals surface area contributed by atoms with Gasteiger partial charge in [0.05, 0.1) is 5.38 Å². The van der Waals surface area contributed by atoms with Crippen LogP contribution in [0.15, 0.2) is 30.3 Å². The summed E-state index contributed by atoms with van der Waals surface area (Å²) in [7, 11) is 0. The van der Waals surface area contributed by atoms with Crippen LogP contribution < -0.4 is 0 Å². The highest BCUT2D eigenvalue weighted by atomic mass is 35.5. The Morgan fingerprint density at radius 1 is 1.43 bits per heavy atom. The van der Waals surface area contributed by atoms with Crippen molar-refractivity contribution in [3.05, 3.63) is 35.9 Å². The molecule has 14 heavy (non-hydrogen) atoms. The highest BCUT2D eigenvalue weighted by Crippen LogP contribution is 2.30. The topological polar surface area (TPSA) is 37.3 Å². The number of carbonyl (C=O) groups is 1. The molecule has 1 rings (SSSR count). The van der Waals surface area contributed by atoms with Gasteiger partial charge in [-0.15, -0.1) is 11.6 Å². The predicted molar refractivity (Wildman–Crippen MR) is 56.5 cm³/mol. The van der Waals surface area contributed by atoms with Crippen LogP contribution in [0.1, 0.15) is 24.3 Å². The maximum Gasteiger partial charge on any atom is 0.303 e. The van der Waals surface area contributed by atoms with E-state index in [1.165, 1.54) is 0 Å². The molecular formula is C11H13ClO2. The number of carboxylic acid groups (broad SMARTS) is 1. The quantitative estimate of drug-likeness (QED) is 0.779. The average Bonchev–Trinajstić information content (AvgIpc) is 2.17. The number of rotatable bonds is 4. The van der Waals surface area contributed by atoms with Crippen molar-refractivity contribution in [3.8, 4) is 0 Å². The molecule has 76 valence electrons. The molecule has 0 radical (unpaired) electrons. The largest absolute Gasteiger partial charge is 0.481 e. The molecule has 3 heteroatoms. The Morgan fingerprint density at radius 3 is 2.50 bits per heavy atom. The lowest BCUT2D eigenvalue weighted by atomic mass is 9.98. The van der Waals surface area contributed by atoms with Crippen LogP contribution in [0.5, 0.6) is 0 Å². The summed E-state index contributed by atoms with van der Waals surface area (Å²) in [5, 5.41) is 8.39. The van der Waals surface area contributed by atoms with E-state index in [2.05, 4.69) is 0 Å². The molecular weight excluding hydrogens is 200 g/mol. The van der Waals surface area contributed by atoms with E-state index < -0.39 is 5.97 Å². The van der Waals surface area contributed by atoms with E-state index in [0.29, 0.717) is 0 Å². The molecule has 1 aromatic rings. The Bertz CT molecular complexity index is 297. The second-order valence-electron chi connectivity index (χ2n) is 3.39. The first-order valence-electron chi connectivity index (χ1n) is 4.52. The van der Waals surface area contributed by atoms with Gasteiger partial charge in [0.15, 0.2) is 0 Å². The number of halogens is 1. The van der Waals surface area contributed by atoms with E-state index in [9.17, 15) is 4.79 Å². The van der Waals surface area contributed by atoms with Gasteiger partial charge in [-0.05, 0) is 11.5 Å². The standard InChI is InChI=1S/C11H13ClO2/c1-8(7-10(13)14)11(12)9-5-3-2-4-6-9/h2-6,8,11H,7H2,1H3,(H,13,14). The first kappa shape index (κ1) is 11.1. The normalized spacial score (nSPS) is 14.7. The molecule has 1 N–H and O–H groups in total. The fraction of sp³-hybridized carbons (Fsp3) is 0.364. The number of aliphatic carboxylic acids is 1. The Balaban J connectivity index is 2.65. The molecule has 2 unspecified atom stereocenters. The van der Waals surface area contributed by atoms with Crippen LogP contribution in [0.2, 0.25) is 0 Å². The smallest absolute Gasteiger partial charge is 0.303 e. The van der Waals surface area contributed by atoms with E-state index in [1.807, 2.05) is 37.3 Å². The lowest BCUT2D eigenvalue weighted by molar-refractivity contribution is -0.137. The van der Waals surface area contributed by atoms with Crippen LogP contribution in [0.25, 0.3) is 0 Å². The molecule has 0 heterocycles. The van der Waals surface area contributed by atoms with Crippen molar-refractivity contribution in [2.75, 3.05) is 0 Å². The molecule has 0 aromatic heterocycles. The predicted octanol–water partition coefficient (Wildman–Crippen LogP) is 3.08. The average molecular weight is 213 g/mol. The van der Waals surface area contributed by atoms with Crippen LogP contribution in [0.4, 0.5) is 0 Å². The van der Waals surface area contributed by atoms with Gasteiger partial charge < -0.3 is 5.11 Å². The minimum Gasteiger partial charge on any atom is -0.481 e. The molecule has 0 bridgehead atoms. The van der Waals surface area contributed by atoms with Gasteiger partial charge in [0.25, 0.3) is 0 Å². The van der Waals surface area contributed by atoms with Crippen molar-refractivity contribution in [2.45, 2.75) is 18.7 Å². The monoisotopic (exact) mass is 212 g/mol. The zero-order valence-electron chi connectivity index (χ0n) is 7.98. The minimum absolute atomic E-state index is 0.0587. The summed E-state index contributed by atoms with van der Waals surface area (Å²) < 4.78 is 0. The van der Waals surface area contributed by atoms with Gasteiger partial charge in [-0.25, -0.2) is 0 Å². The lowest BCUT2D eigenvalue weighted by Gasteiger charge is -2.16. The summed E-state index contributed by atoms with van der Waals surface area (Å²) in [6.45, 7) is 1.85. The Morgan fingerprint density at radius 2 is 2.00 bits per heavy atom. The van der Waals surface area contributed by atoms with Gasteiger partial charge in [-0.3, -0.25) is 4.79 Å². The molecule has 1 aromatic carbocycles. The number of benzene rings is 1. The number of alkyl halides is 1. The zero-order chi connectivity index (χ0) is 10.6. The summed E-state index contributed by atoms with van der Waals surface area (Å²) in [6.07, 6.45) is 0.100. The van der Waals surface area contributed by atoms with Gasteiger partial charge in [0.1, 0.15) is 0 Å². The molecule has 0 aliphatic carbocycles.